The standard InChI is InChI=1S/C16H22N2O2/c1-3-12(2)17-16(20)14-9-15(19)18(11-14)10-13-7-5-4-6-8-13/h4-8,12,14H,3,9-11H2,1-2H3,(H,17,20)/t12-,14+/m1/s1. The van der Waals surface area contributed by atoms with Gasteiger partial charge in [0.2, 0.25) is 11.8 Å². The molecule has 20 heavy (non-hydrogen) atoms. The van der Waals surface area contributed by atoms with Gasteiger partial charge in [-0.2, -0.15) is 0 Å². The van der Waals surface area contributed by atoms with Gasteiger partial charge in [0.05, 0.1) is 5.92 Å². The van der Waals surface area contributed by atoms with Crippen LogP contribution in [0.15, 0.2) is 30.3 Å². The maximum Gasteiger partial charge on any atom is 0.225 e. The minimum Gasteiger partial charge on any atom is -0.353 e. The fourth-order valence-corrected chi connectivity index (χ4v) is 2.37. The van der Waals surface area contributed by atoms with Crippen LogP contribution < -0.4 is 5.32 Å². The first-order valence-electron chi connectivity index (χ1n) is 7.22. The fourth-order valence-electron chi connectivity index (χ4n) is 2.37. The van der Waals surface area contributed by atoms with Gasteiger partial charge in [-0.3, -0.25) is 9.59 Å². The lowest BCUT2D eigenvalue weighted by Crippen LogP contribution is -2.38. The van der Waals surface area contributed by atoms with Gasteiger partial charge in [0.15, 0.2) is 0 Å². The maximum absolute atomic E-state index is 12.1. The molecule has 1 fully saturated rings. The monoisotopic (exact) mass is 274 g/mol. The van der Waals surface area contributed by atoms with Crippen molar-refractivity contribution in [2.24, 2.45) is 5.92 Å². The topological polar surface area (TPSA) is 49.4 Å². The minimum atomic E-state index is -0.208. The smallest absolute Gasteiger partial charge is 0.225 e. The molecule has 108 valence electrons. The van der Waals surface area contributed by atoms with Crippen LogP contribution in [0.25, 0.3) is 0 Å². The van der Waals surface area contributed by atoms with Gasteiger partial charge in [0, 0.05) is 25.6 Å². The van der Waals surface area contributed by atoms with Gasteiger partial charge >= 0.3 is 0 Å². The molecule has 2 rings (SSSR count). The first-order chi connectivity index (χ1) is 9.60. The zero-order chi connectivity index (χ0) is 14.5. The molecule has 1 aromatic carbocycles. The summed E-state index contributed by atoms with van der Waals surface area (Å²) in [6.45, 7) is 5.13. The number of nitrogens with one attached hydrogen (secondary N) is 1. The molecule has 1 aromatic rings. The summed E-state index contributed by atoms with van der Waals surface area (Å²) in [6, 6.07) is 10.0. The number of carbonyl (C=O) groups excluding carboxylic acids is 2. The molecule has 1 aliphatic heterocycles. The molecule has 4 heteroatoms. The minimum absolute atomic E-state index is 0.00302. The van der Waals surface area contributed by atoms with Gasteiger partial charge in [-0.25, -0.2) is 0 Å². The molecule has 0 saturated carbocycles. The number of carbonyl (C=O) groups is 2. The zero-order valence-electron chi connectivity index (χ0n) is 12.1. The Labute approximate surface area is 120 Å². The molecule has 1 saturated heterocycles. The summed E-state index contributed by atoms with van der Waals surface area (Å²) in [5, 5.41) is 2.96. The zero-order valence-corrected chi connectivity index (χ0v) is 12.1. The Balaban J connectivity index is 1.92. The Morgan fingerprint density at radius 3 is 2.75 bits per heavy atom. The van der Waals surface area contributed by atoms with Crippen molar-refractivity contribution < 1.29 is 9.59 Å². The number of benzene rings is 1. The summed E-state index contributed by atoms with van der Waals surface area (Å²) in [7, 11) is 0. The largest absolute Gasteiger partial charge is 0.353 e. The lowest BCUT2D eigenvalue weighted by atomic mass is 10.1. The third-order valence-electron chi connectivity index (χ3n) is 3.80. The molecule has 0 radical (unpaired) electrons. The molecule has 2 amide bonds. The van der Waals surface area contributed by atoms with Crippen molar-refractivity contribution in [3.8, 4) is 0 Å². The van der Waals surface area contributed by atoms with Gasteiger partial charge < -0.3 is 10.2 Å². The van der Waals surface area contributed by atoms with Crippen molar-refractivity contribution in [2.75, 3.05) is 6.54 Å². The molecule has 0 aromatic heterocycles. The van der Waals surface area contributed by atoms with Crippen LogP contribution >= 0.6 is 0 Å². The number of hydrogen-bond donors (Lipinski definition) is 1. The van der Waals surface area contributed by atoms with E-state index in [-0.39, 0.29) is 23.8 Å². The van der Waals surface area contributed by atoms with E-state index in [0.29, 0.717) is 19.5 Å². The molecular weight excluding hydrogens is 252 g/mol. The van der Waals surface area contributed by atoms with Gasteiger partial charge in [-0.05, 0) is 18.9 Å². The fraction of sp³-hybridized carbons (Fsp3) is 0.500. The van der Waals surface area contributed by atoms with E-state index in [4.69, 9.17) is 0 Å². The number of nitrogens with zero attached hydrogens (tertiary/aromatic N) is 1. The van der Waals surface area contributed by atoms with E-state index in [1.165, 1.54) is 0 Å². The average molecular weight is 274 g/mol. The van der Waals surface area contributed by atoms with Crippen molar-refractivity contribution >= 4 is 11.8 Å². The maximum atomic E-state index is 12.1. The van der Waals surface area contributed by atoms with E-state index < -0.39 is 0 Å². The Bertz CT molecular complexity index is 473. The molecule has 1 heterocycles. The summed E-state index contributed by atoms with van der Waals surface area (Å²) in [4.78, 5) is 25.8. The van der Waals surface area contributed by atoms with Gasteiger partial charge in [0.1, 0.15) is 0 Å². The highest BCUT2D eigenvalue weighted by atomic mass is 16.2. The second-order valence-electron chi connectivity index (χ2n) is 5.48. The van der Waals surface area contributed by atoms with Crippen LogP contribution in [0.2, 0.25) is 0 Å². The number of rotatable bonds is 5. The van der Waals surface area contributed by atoms with E-state index in [1.807, 2.05) is 44.2 Å². The first-order valence-corrected chi connectivity index (χ1v) is 7.22. The van der Waals surface area contributed by atoms with Crippen LogP contribution in [0, 0.1) is 5.92 Å². The Morgan fingerprint density at radius 2 is 2.10 bits per heavy atom. The predicted molar refractivity (Wildman–Crippen MR) is 77.9 cm³/mol. The van der Waals surface area contributed by atoms with E-state index >= 15 is 0 Å². The van der Waals surface area contributed by atoms with Crippen LogP contribution in [-0.2, 0) is 16.1 Å². The molecule has 0 spiro atoms. The summed E-state index contributed by atoms with van der Waals surface area (Å²) < 4.78 is 0. The molecule has 0 aliphatic carbocycles. The number of hydrogen-bond acceptors (Lipinski definition) is 2. The first kappa shape index (κ1) is 14.6. The predicted octanol–water partition coefficient (Wildman–Crippen LogP) is 1.95. The van der Waals surface area contributed by atoms with Crippen LogP contribution in [-0.4, -0.2) is 29.3 Å². The highest BCUT2D eigenvalue weighted by Gasteiger charge is 2.34. The normalized spacial score (nSPS) is 20.0. The molecule has 2 atom stereocenters. The molecule has 0 unspecified atom stereocenters. The molecule has 1 N–H and O–H groups in total. The Kier molecular flexibility index (Phi) is 4.77. The third-order valence-corrected chi connectivity index (χ3v) is 3.80. The summed E-state index contributed by atoms with van der Waals surface area (Å²) in [5.74, 6) is -0.137. The summed E-state index contributed by atoms with van der Waals surface area (Å²) in [5.41, 5.74) is 1.10. The molecule has 1 aliphatic rings. The summed E-state index contributed by atoms with van der Waals surface area (Å²) in [6.07, 6.45) is 1.23. The van der Waals surface area contributed by atoms with Crippen molar-refractivity contribution in [3.63, 3.8) is 0 Å². The number of likely N-dealkylation sites (tertiary alicyclic amines) is 1. The quantitative estimate of drug-likeness (QED) is 0.892. The van der Waals surface area contributed by atoms with E-state index in [9.17, 15) is 9.59 Å². The van der Waals surface area contributed by atoms with Crippen molar-refractivity contribution in [3.05, 3.63) is 35.9 Å². The molecular formula is C16H22N2O2. The van der Waals surface area contributed by atoms with E-state index in [0.717, 1.165) is 12.0 Å². The van der Waals surface area contributed by atoms with Gasteiger partial charge in [-0.1, -0.05) is 37.3 Å². The molecule has 4 nitrogen and oxygen atoms in total. The van der Waals surface area contributed by atoms with Crippen molar-refractivity contribution in [2.45, 2.75) is 39.3 Å². The summed E-state index contributed by atoms with van der Waals surface area (Å²) >= 11 is 0. The van der Waals surface area contributed by atoms with Crippen molar-refractivity contribution in [1.82, 2.24) is 10.2 Å². The SMILES string of the molecule is CC[C@@H](C)NC(=O)[C@H]1CC(=O)N(Cc2ccccc2)C1. The third kappa shape index (κ3) is 3.59. The second kappa shape index (κ2) is 6.55. The lowest BCUT2D eigenvalue weighted by molar-refractivity contribution is -0.129. The van der Waals surface area contributed by atoms with Crippen LogP contribution in [0.5, 0.6) is 0 Å². The van der Waals surface area contributed by atoms with Gasteiger partial charge in [0.25, 0.3) is 0 Å². The molecule has 0 bridgehead atoms. The number of amides is 2. The van der Waals surface area contributed by atoms with Crippen LogP contribution in [0.3, 0.4) is 0 Å². The Morgan fingerprint density at radius 1 is 1.40 bits per heavy atom. The van der Waals surface area contributed by atoms with E-state index in [1.54, 1.807) is 4.90 Å². The van der Waals surface area contributed by atoms with E-state index in [2.05, 4.69) is 5.32 Å². The second-order valence-corrected chi connectivity index (χ2v) is 5.48. The average Bonchev–Trinajstić information content (AvgIpc) is 2.81. The van der Waals surface area contributed by atoms with Crippen molar-refractivity contribution in [1.29, 1.82) is 0 Å². The van der Waals surface area contributed by atoms with Crippen LogP contribution in [0.4, 0.5) is 0 Å². The van der Waals surface area contributed by atoms with Crippen LogP contribution in [0.1, 0.15) is 32.3 Å². The highest BCUT2D eigenvalue weighted by Crippen LogP contribution is 2.20. The lowest BCUT2D eigenvalue weighted by Gasteiger charge is -2.18. The highest BCUT2D eigenvalue weighted by molar-refractivity contribution is 5.89. The van der Waals surface area contributed by atoms with Gasteiger partial charge in [-0.15, -0.1) is 0 Å². The Hall–Kier alpha value is -1.84.